The smallest absolute Gasteiger partial charge is 0.183 e. The standard InChI is InChI=1S/C6H11FO5/c7-3(1-8)5(11)6(12)4(10)2-9/h1,3-6,9-12H,2H2/t3?,4-,5-,6-/m1/s1/i7-1. The van der Waals surface area contributed by atoms with E-state index in [0.717, 1.165) is 0 Å². The topological polar surface area (TPSA) is 98.0 Å². The first-order chi connectivity index (χ1) is 5.54. The first-order valence-electron chi connectivity index (χ1n) is 3.29. The fourth-order valence-electron chi connectivity index (χ4n) is 0.604. The van der Waals surface area contributed by atoms with Crippen LogP contribution in [0.15, 0.2) is 0 Å². The maximum Gasteiger partial charge on any atom is 0.183 e. The molecular weight excluding hydrogens is 170 g/mol. The number of carbonyl (C=O) groups excluding carboxylic acids is 1. The molecule has 0 aliphatic heterocycles. The predicted molar refractivity (Wildman–Crippen MR) is 36.1 cm³/mol. The van der Waals surface area contributed by atoms with Gasteiger partial charge in [0.25, 0.3) is 0 Å². The molecule has 1 unspecified atom stereocenters. The molecule has 0 aromatic rings. The second-order valence-electron chi connectivity index (χ2n) is 2.31. The molecular formula is C6H11FO5. The number of aliphatic hydroxyl groups is 4. The van der Waals surface area contributed by atoms with E-state index in [1.807, 2.05) is 0 Å². The van der Waals surface area contributed by atoms with E-state index in [1.54, 1.807) is 0 Å². The summed E-state index contributed by atoms with van der Waals surface area (Å²) < 4.78 is 12.3. The first kappa shape index (κ1) is 11.4. The lowest BCUT2D eigenvalue weighted by Gasteiger charge is -2.21. The summed E-state index contributed by atoms with van der Waals surface area (Å²) in [5.41, 5.74) is 0. The summed E-state index contributed by atoms with van der Waals surface area (Å²) in [7, 11) is 0. The molecule has 0 amide bonds. The second-order valence-corrected chi connectivity index (χ2v) is 2.31. The van der Waals surface area contributed by atoms with Gasteiger partial charge in [-0.3, -0.25) is 0 Å². The molecule has 0 spiro atoms. The van der Waals surface area contributed by atoms with Crippen molar-refractivity contribution in [2.24, 2.45) is 0 Å². The van der Waals surface area contributed by atoms with Crippen molar-refractivity contribution in [3.8, 4) is 0 Å². The summed E-state index contributed by atoms with van der Waals surface area (Å²) in [5, 5.41) is 34.6. The van der Waals surface area contributed by atoms with Crippen molar-refractivity contribution in [3.05, 3.63) is 0 Å². The fourth-order valence-corrected chi connectivity index (χ4v) is 0.604. The number of carbonyl (C=O) groups is 1. The predicted octanol–water partition coefficient (Wildman–Crippen LogP) is -2.40. The van der Waals surface area contributed by atoms with Gasteiger partial charge in [-0.15, -0.1) is 0 Å². The van der Waals surface area contributed by atoms with Crippen LogP contribution < -0.4 is 0 Å². The first-order valence-corrected chi connectivity index (χ1v) is 3.29. The Bertz CT molecular complexity index is 142. The largest absolute Gasteiger partial charge is 0.394 e. The average molecular weight is 181 g/mol. The number of hydrogen-bond donors (Lipinski definition) is 4. The van der Waals surface area contributed by atoms with Gasteiger partial charge in [-0.05, 0) is 0 Å². The van der Waals surface area contributed by atoms with Crippen LogP contribution in [0.2, 0.25) is 0 Å². The molecule has 0 saturated heterocycles. The van der Waals surface area contributed by atoms with Gasteiger partial charge in [-0.2, -0.15) is 0 Å². The summed E-state index contributed by atoms with van der Waals surface area (Å²) in [4.78, 5) is 9.77. The van der Waals surface area contributed by atoms with Crippen LogP contribution in [0.4, 0.5) is 4.39 Å². The minimum absolute atomic E-state index is 0.196. The zero-order chi connectivity index (χ0) is 9.72. The monoisotopic (exact) mass is 181 g/mol. The summed E-state index contributed by atoms with van der Waals surface area (Å²) >= 11 is 0. The van der Waals surface area contributed by atoms with Gasteiger partial charge in [0.15, 0.2) is 12.5 Å². The highest BCUT2D eigenvalue weighted by molar-refractivity contribution is 5.56. The quantitative estimate of drug-likeness (QED) is 0.354. The lowest BCUT2D eigenvalue weighted by atomic mass is 10.1. The summed E-state index contributed by atoms with van der Waals surface area (Å²) in [6.07, 6.45) is -7.99. The summed E-state index contributed by atoms with van der Waals surface area (Å²) in [5.74, 6) is 0. The molecule has 0 aliphatic carbocycles. The number of alkyl halides is 1. The molecule has 0 aromatic carbocycles. The molecule has 6 heteroatoms. The molecule has 0 fully saturated rings. The molecule has 0 saturated carbocycles. The molecule has 4 N–H and O–H groups in total. The van der Waals surface area contributed by atoms with Crippen LogP contribution >= 0.6 is 0 Å². The van der Waals surface area contributed by atoms with Gasteiger partial charge in [0.2, 0.25) is 0 Å². The highest BCUT2D eigenvalue weighted by Gasteiger charge is 2.30. The molecule has 72 valence electrons. The van der Waals surface area contributed by atoms with Crippen LogP contribution in [0.5, 0.6) is 0 Å². The third-order valence-corrected chi connectivity index (χ3v) is 1.39. The van der Waals surface area contributed by atoms with E-state index in [9.17, 15) is 9.18 Å². The zero-order valence-corrected chi connectivity index (χ0v) is 6.17. The van der Waals surface area contributed by atoms with E-state index in [-0.39, 0.29) is 6.29 Å². The van der Waals surface area contributed by atoms with Crippen molar-refractivity contribution in [1.82, 2.24) is 0 Å². The van der Waals surface area contributed by atoms with Crippen LogP contribution in [0.3, 0.4) is 0 Å². The van der Waals surface area contributed by atoms with Crippen molar-refractivity contribution in [2.45, 2.75) is 24.5 Å². The average Bonchev–Trinajstić information content (AvgIpc) is 2.12. The number of halogens is 1. The van der Waals surface area contributed by atoms with E-state index in [4.69, 9.17) is 20.4 Å². The van der Waals surface area contributed by atoms with Crippen molar-refractivity contribution in [3.63, 3.8) is 0 Å². The zero-order valence-electron chi connectivity index (χ0n) is 6.17. The molecule has 0 aliphatic rings. The van der Waals surface area contributed by atoms with Crippen LogP contribution in [0.25, 0.3) is 0 Å². The maximum absolute atomic E-state index is 12.3. The van der Waals surface area contributed by atoms with Gasteiger partial charge in [0.1, 0.15) is 18.3 Å². The van der Waals surface area contributed by atoms with E-state index in [1.165, 1.54) is 0 Å². The Morgan fingerprint density at radius 3 is 2.08 bits per heavy atom. The SMILES string of the molecule is O=CC([18F])[C@@H](O)[C@H](O)[C@H](O)CO. The minimum atomic E-state index is -2.26. The molecule has 0 rings (SSSR count). The van der Waals surface area contributed by atoms with Gasteiger partial charge >= 0.3 is 0 Å². The lowest BCUT2D eigenvalue weighted by molar-refractivity contribution is -0.127. The van der Waals surface area contributed by atoms with Crippen LogP contribution in [-0.4, -0.2) is 57.8 Å². The molecule has 0 heterocycles. The van der Waals surface area contributed by atoms with Gasteiger partial charge in [0, 0.05) is 0 Å². The number of aldehydes is 1. The van der Waals surface area contributed by atoms with Crippen molar-refractivity contribution >= 4 is 6.29 Å². The Morgan fingerprint density at radius 2 is 1.75 bits per heavy atom. The van der Waals surface area contributed by atoms with Gasteiger partial charge < -0.3 is 25.2 Å². The molecule has 12 heavy (non-hydrogen) atoms. The number of rotatable bonds is 5. The Morgan fingerprint density at radius 1 is 1.25 bits per heavy atom. The van der Waals surface area contributed by atoms with Crippen molar-refractivity contribution < 1.29 is 29.6 Å². The van der Waals surface area contributed by atoms with Crippen LogP contribution in [-0.2, 0) is 4.79 Å². The van der Waals surface area contributed by atoms with Crippen molar-refractivity contribution in [1.29, 1.82) is 0 Å². The number of hydrogen-bond acceptors (Lipinski definition) is 5. The number of aliphatic hydroxyl groups excluding tert-OH is 4. The molecule has 0 aromatic heterocycles. The van der Waals surface area contributed by atoms with Crippen LogP contribution in [0, 0.1) is 0 Å². The Labute approximate surface area is 68.1 Å². The third-order valence-electron chi connectivity index (χ3n) is 1.39. The van der Waals surface area contributed by atoms with Gasteiger partial charge in [-0.25, -0.2) is 4.39 Å². The Kier molecular flexibility index (Phi) is 4.91. The maximum atomic E-state index is 12.3. The van der Waals surface area contributed by atoms with Gasteiger partial charge in [0.05, 0.1) is 6.61 Å². The highest BCUT2D eigenvalue weighted by atomic mass is 18.2. The molecule has 5 nitrogen and oxygen atoms in total. The van der Waals surface area contributed by atoms with E-state index in [0.29, 0.717) is 0 Å². The lowest BCUT2D eigenvalue weighted by Crippen LogP contribution is -2.44. The Balaban J connectivity index is 4.07. The van der Waals surface area contributed by atoms with E-state index < -0.39 is 31.1 Å². The van der Waals surface area contributed by atoms with E-state index >= 15 is 0 Å². The molecule has 4 atom stereocenters. The summed E-state index contributed by atoms with van der Waals surface area (Å²) in [6.45, 7) is -0.816. The second kappa shape index (κ2) is 5.15. The highest BCUT2D eigenvalue weighted by Crippen LogP contribution is 2.05. The third kappa shape index (κ3) is 2.82. The van der Waals surface area contributed by atoms with Gasteiger partial charge in [-0.1, -0.05) is 0 Å². The fraction of sp³-hybridized carbons (Fsp3) is 0.833. The normalized spacial score (nSPS) is 21.1. The van der Waals surface area contributed by atoms with Crippen LogP contribution in [0.1, 0.15) is 0 Å². The summed E-state index contributed by atoms with van der Waals surface area (Å²) in [6, 6.07) is 0. The van der Waals surface area contributed by atoms with E-state index in [2.05, 4.69) is 0 Å². The van der Waals surface area contributed by atoms with Crippen molar-refractivity contribution in [2.75, 3.05) is 6.61 Å². The molecule has 0 radical (unpaired) electrons. The minimum Gasteiger partial charge on any atom is -0.394 e. The Hall–Kier alpha value is -0.560. The molecule has 0 bridgehead atoms.